The first-order valence-electron chi connectivity index (χ1n) is 7.73. The zero-order valence-corrected chi connectivity index (χ0v) is 13.5. The molecule has 1 atom stereocenters. The van der Waals surface area contributed by atoms with Crippen molar-refractivity contribution < 1.29 is 0 Å². The minimum atomic E-state index is 0.0163. The Bertz CT molecular complexity index is 559. The molecule has 5 nitrogen and oxygen atoms in total. The molecule has 0 spiro atoms. The van der Waals surface area contributed by atoms with Gasteiger partial charge in [0.25, 0.3) is 0 Å². The van der Waals surface area contributed by atoms with Crippen LogP contribution in [0.2, 0.25) is 0 Å². The number of nitrogens with two attached hydrogens (primary N) is 1. The Morgan fingerprint density at radius 3 is 2.57 bits per heavy atom. The molecule has 1 aromatic heterocycles. The molecule has 1 unspecified atom stereocenters. The Morgan fingerprint density at radius 2 is 2.05 bits per heavy atom. The average Bonchev–Trinajstić information content (AvgIpc) is 2.48. The molecule has 0 amide bonds. The van der Waals surface area contributed by atoms with E-state index >= 15 is 0 Å². The lowest BCUT2D eigenvalue weighted by atomic mass is 9.79. The summed E-state index contributed by atoms with van der Waals surface area (Å²) in [6.45, 7) is 10.1. The number of nitriles is 1. The molecule has 0 bridgehead atoms. The van der Waals surface area contributed by atoms with E-state index in [1.54, 1.807) is 0 Å². The molecule has 2 heterocycles. The van der Waals surface area contributed by atoms with E-state index in [9.17, 15) is 5.26 Å². The molecule has 1 aliphatic heterocycles. The van der Waals surface area contributed by atoms with Crippen LogP contribution in [0.1, 0.15) is 50.9 Å². The second-order valence-corrected chi connectivity index (χ2v) is 6.45. The molecule has 0 saturated carbocycles. The van der Waals surface area contributed by atoms with Crippen LogP contribution in [0.15, 0.2) is 0 Å². The first-order chi connectivity index (χ1) is 9.94. The van der Waals surface area contributed by atoms with Gasteiger partial charge in [-0.2, -0.15) is 10.4 Å². The molecule has 1 aliphatic rings. The number of hydrogen-bond donors (Lipinski definition) is 1. The Hall–Kier alpha value is -1.67. The maximum atomic E-state index is 9.59. The van der Waals surface area contributed by atoms with E-state index < -0.39 is 0 Å². The van der Waals surface area contributed by atoms with Gasteiger partial charge in [0.1, 0.15) is 11.6 Å². The van der Waals surface area contributed by atoms with Crippen LogP contribution in [0.5, 0.6) is 0 Å². The summed E-state index contributed by atoms with van der Waals surface area (Å²) in [6.07, 6.45) is 2.53. The highest BCUT2D eigenvalue weighted by atomic mass is 15.3. The molecule has 1 fully saturated rings. The fraction of sp³-hybridized carbons (Fsp3) is 0.688. The molecule has 1 aromatic rings. The quantitative estimate of drug-likeness (QED) is 0.920. The van der Waals surface area contributed by atoms with Gasteiger partial charge in [-0.15, -0.1) is 5.10 Å². The molecule has 5 heteroatoms. The molecule has 0 radical (unpaired) electrons. The molecular weight excluding hydrogens is 262 g/mol. The molecule has 0 aromatic carbocycles. The summed E-state index contributed by atoms with van der Waals surface area (Å²) >= 11 is 0. The highest BCUT2D eigenvalue weighted by Gasteiger charge is 2.35. The van der Waals surface area contributed by atoms with Crippen LogP contribution < -0.4 is 10.6 Å². The lowest BCUT2D eigenvalue weighted by Crippen LogP contribution is -2.53. The van der Waals surface area contributed by atoms with E-state index in [0.717, 1.165) is 49.4 Å². The Balaban J connectivity index is 2.43. The Kier molecular flexibility index (Phi) is 4.48. The summed E-state index contributed by atoms with van der Waals surface area (Å²) in [5.41, 5.74) is 8.88. The SMILES string of the molecule is CCc1nnc(N2CCC(N)C(C)(C)C2)c(C#N)c1CC. The minimum absolute atomic E-state index is 0.0163. The maximum Gasteiger partial charge on any atom is 0.169 e. The van der Waals surface area contributed by atoms with Crippen molar-refractivity contribution in [2.45, 2.75) is 53.0 Å². The van der Waals surface area contributed by atoms with Crippen molar-refractivity contribution in [1.29, 1.82) is 5.26 Å². The summed E-state index contributed by atoms with van der Waals surface area (Å²) in [5.74, 6) is 0.728. The van der Waals surface area contributed by atoms with Gasteiger partial charge in [0.05, 0.1) is 5.69 Å². The zero-order valence-electron chi connectivity index (χ0n) is 13.5. The minimum Gasteiger partial charge on any atom is -0.353 e. The standard InChI is InChI=1S/C16H25N5/c1-5-11-12(9-17)15(20-19-13(11)6-2)21-8-7-14(18)16(3,4)10-21/h14H,5-8,10,18H2,1-4H3. The lowest BCUT2D eigenvalue weighted by Gasteiger charge is -2.43. The van der Waals surface area contributed by atoms with Crippen LogP contribution >= 0.6 is 0 Å². The average molecular weight is 287 g/mol. The second-order valence-electron chi connectivity index (χ2n) is 6.45. The molecule has 2 N–H and O–H groups in total. The van der Waals surface area contributed by atoms with Crippen molar-refractivity contribution in [3.05, 3.63) is 16.8 Å². The number of piperidine rings is 1. The van der Waals surface area contributed by atoms with E-state index in [1.165, 1.54) is 0 Å². The van der Waals surface area contributed by atoms with Crippen molar-refractivity contribution in [2.75, 3.05) is 18.0 Å². The van der Waals surface area contributed by atoms with Gasteiger partial charge in [-0.05, 0) is 30.2 Å². The molecular formula is C16H25N5. The molecule has 0 aliphatic carbocycles. The van der Waals surface area contributed by atoms with Gasteiger partial charge in [0.15, 0.2) is 5.82 Å². The van der Waals surface area contributed by atoms with Crippen molar-refractivity contribution in [2.24, 2.45) is 11.1 Å². The van der Waals surface area contributed by atoms with Crippen LogP contribution in [0.3, 0.4) is 0 Å². The Labute approximate surface area is 127 Å². The van der Waals surface area contributed by atoms with Gasteiger partial charge >= 0.3 is 0 Å². The third kappa shape index (κ3) is 2.86. The molecule has 114 valence electrons. The van der Waals surface area contributed by atoms with Crippen LogP contribution in [0.25, 0.3) is 0 Å². The molecule has 2 rings (SSSR count). The van der Waals surface area contributed by atoms with Gasteiger partial charge in [0, 0.05) is 19.1 Å². The topological polar surface area (TPSA) is 78.8 Å². The van der Waals surface area contributed by atoms with Gasteiger partial charge in [-0.25, -0.2) is 0 Å². The number of aromatic nitrogens is 2. The number of hydrogen-bond acceptors (Lipinski definition) is 5. The van der Waals surface area contributed by atoms with Crippen LogP contribution in [-0.2, 0) is 12.8 Å². The fourth-order valence-corrected chi connectivity index (χ4v) is 3.06. The van der Waals surface area contributed by atoms with Crippen LogP contribution in [-0.4, -0.2) is 29.3 Å². The van der Waals surface area contributed by atoms with Gasteiger partial charge in [-0.1, -0.05) is 27.7 Å². The summed E-state index contributed by atoms with van der Waals surface area (Å²) < 4.78 is 0. The highest BCUT2D eigenvalue weighted by molar-refractivity contribution is 5.58. The van der Waals surface area contributed by atoms with Crippen molar-refractivity contribution in [3.63, 3.8) is 0 Å². The van der Waals surface area contributed by atoms with Crippen LogP contribution in [0, 0.1) is 16.7 Å². The zero-order chi connectivity index (χ0) is 15.6. The first-order valence-corrected chi connectivity index (χ1v) is 7.73. The Morgan fingerprint density at radius 1 is 1.33 bits per heavy atom. The monoisotopic (exact) mass is 287 g/mol. The normalized spacial score (nSPS) is 21.1. The van der Waals surface area contributed by atoms with E-state index in [0.29, 0.717) is 5.56 Å². The predicted molar refractivity (Wildman–Crippen MR) is 84.1 cm³/mol. The summed E-state index contributed by atoms with van der Waals surface area (Å²) in [4.78, 5) is 2.17. The first kappa shape index (κ1) is 15.7. The smallest absolute Gasteiger partial charge is 0.169 e. The summed E-state index contributed by atoms with van der Waals surface area (Å²) in [6, 6.07) is 2.54. The van der Waals surface area contributed by atoms with Crippen molar-refractivity contribution >= 4 is 5.82 Å². The van der Waals surface area contributed by atoms with E-state index in [1.807, 2.05) is 6.92 Å². The third-order valence-electron chi connectivity index (χ3n) is 4.55. The lowest BCUT2D eigenvalue weighted by molar-refractivity contribution is 0.244. The number of aryl methyl sites for hydroxylation is 1. The summed E-state index contributed by atoms with van der Waals surface area (Å²) in [5, 5.41) is 18.3. The fourth-order valence-electron chi connectivity index (χ4n) is 3.06. The third-order valence-corrected chi connectivity index (χ3v) is 4.55. The van der Waals surface area contributed by atoms with E-state index in [2.05, 4.69) is 41.9 Å². The highest BCUT2D eigenvalue weighted by Crippen LogP contribution is 2.32. The number of anilines is 1. The predicted octanol–water partition coefficient (Wildman–Crippen LogP) is 2.04. The van der Waals surface area contributed by atoms with E-state index in [4.69, 9.17) is 5.73 Å². The second kappa shape index (κ2) is 5.98. The van der Waals surface area contributed by atoms with E-state index in [-0.39, 0.29) is 11.5 Å². The summed E-state index contributed by atoms with van der Waals surface area (Å²) in [7, 11) is 0. The molecule has 1 saturated heterocycles. The number of nitrogens with zero attached hydrogens (tertiary/aromatic N) is 4. The molecule has 21 heavy (non-hydrogen) atoms. The van der Waals surface area contributed by atoms with Crippen molar-refractivity contribution in [1.82, 2.24) is 10.2 Å². The largest absolute Gasteiger partial charge is 0.353 e. The maximum absolute atomic E-state index is 9.59. The van der Waals surface area contributed by atoms with Crippen LogP contribution in [0.4, 0.5) is 5.82 Å². The van der Waals surface area contributed by atoms with Gasteiger partial charge in [-0.3, -0.25) is 0 Å². The van der Waals surface area contributed by atoms with Gasteiger partial charge < -0.3 is 10.6 Å². The van der Waals surface area contributed by atoms with Gasteiger partial charge in [0.2, 0.25) is 0 Å². The van der Waals surface area contributed by atoms with Crippen molar-refractivity contribution in [3.8, 4) is 6.07 Å². The number of rotatable bonds is 3.